The molecule has 0 saturated carbocycles. The number of ether oxygens (including phenoxy) is 1. The van der Waals surface area contributed by atoms with Crippen LogP contribution in [0, 0.1) is 0 Å². The largest absolute Gasteiger partial charge is 0.479 e. The van der Waals surface area contributed by atoms with Crippen LogP contribution in [0.1, 0.15) is 18.5 Å². The Hall–Kier alpha value is -1.40. The zero-order valence-electron chi connectivity index (χ0n) is 8.76. The van der Waals surface area contributed by atoms with Gasteiger partial charge in [-0.15, -0.1) is 0 Å². The monoisotopic (exact) mass is 226 g/mol. The third-order valence-electron chi connectivity index (χ3n) is 2.55. The summed E-state index contributed by atoms with van der Waals surface area (Å²) in [7, 11) is 0. The molecule has 1 aliphatic heterocycles. The van der Waals surface area contributed by atoms with Crippen molar-refractivity contribution < 1.29 is 19.2 Å². The molecule has 0 spiro atoms. The van der Waals surface area contributed by atoms with E-state index in [1.807, 2.05) is 0 Å². The van der Waals surface area contributed by atoms with Gasteiger partial charge in [0.25, 0.3) is 0 Å². The Balaban J connectivity index is 1.66. The molecule has 0 bridgehead atoms. The smallest absolute Gasteiger partial charge is 0.332 e. The molecule has 0 amide bonds. The summed E-state index contributed by atoms with van der Waals surface area (Å²) in [6.07, 6.45) is 2.23. The van der Waals surface area contributed by atoms with Gasteiger partial charge in [0, 0.05) is 19.2 Å². The van der Waals surface area contributed by atoms with E-state index in [0.29, 0.717) is 19.5 Å². The second-order valence-corrected chi connectivity index (χ2v) is 3.78. The molecular weight excluding hydrogens is 212 g/mol. The SMILES string of the molecule is O=C(O)C1CCC(CNCc2ccon2)O1. The molecule has 0 aromatic carbocycles. The van der Waals surface area contributed by atoms with Crippen LogP contribution >= 0.6 is 0 Å². The molecule has 2 N–H and O–H groups in total. The highest BCUT2D eigenvalue weighted by molar-refractivity contribution is 5.72. The van der Waals surface area contributed by atoms with Crippen LogP contribution < -0.4 is 5.32 Å². The summed E-state index contributed by atoms with van der Waals surface area (Å²) in [4.78, 5) is 10.6. The quantitative estimate of drug-likeness (QED) is 0.755. The molecule has 6 heteroatoms. The maximum Gasteiger partial charge on any atom is 0.332 e. The predicted molar refractivity (Wildman–Crippen MR) is 53.7 cm³/mol. The summed E-state index contributed by atoms with van der Waals surface area (Å²) >= 11 is 0. The molecule has 1 aromatic rings. The van der Waals surface area contributed by atoms with Crippen LogP contribution in [-0.4, -0.2) is 35.0 Å². The molecule has 0 aliphatic carbocycles. The Morgan fingerprint density at radius 3 is 3.12 bits per heavy atom. The summed E-state index contributed by atoms with van der Waals surface area (Å²) < 4.78 is 10.0. The van der Waals surface area contributed by atoms with Crippen LogP contribution in [0.5, 0.6) is 0 Å². The van der Waals surface area contributed by atoms with Crippen molar-refractivity contribution in [2.75, 3.05) is 6.54 Å². The van der Waals surface area contributed by atoms with Gasteiger partial charge in [0.05, 0.1) is 11.8 Å². The lowest BCUT2D eigenvalue weighted by atomic mass is 10.2. The maximum absolute atomic E-state index is 10.6. The molecule has 2 unspecified atom stereocenters. The minimum atomic E-state index is -0.876. The van der Waals surface area contributed by atoms with Crippen molar-refractivity contribution in [2.24, 2.45) is 0 Å². The van der Waals surface area contributed by atoms with Gasteiger partial charge in [-0.05, 0) is 12.8 Å². The molecule has 88 valence electrons. The number of nitrogens with zero attached hydrogens (tertiary/aromatic N) is 1. The van der Waals surface area contributed by atoms with Crippen LogP contribution in [0.3, 0.4) is 0 Å². The van der Waals surface area contributed by atoms with Gasteiger partial charge in [-0.3, -0.25) is 0 Å². The third-order valence-corrected chi connectivity index (χ3v) is 2.55. The number of carboxylic acids is 1. The Kier molecular flexibility index (Phi) is 3.53. The number of hydrogen-bond acceptors (Lipinski definition) is 5. The molecule has 2 heterocycles. The highest BCUT2D eigenvalue weighted by Gasteiger charge is 2.29. The minimum absolute atomic E-state index is 0.0204. The van der Waals surface area contributed by atoms with Crippen molar-refractivity contribution in [3.63, 3.8) is 0 Å². The molecule has 1 fully saturated rings. The number of aliphatic carboxylic acids is 1. The summed E-state index contributed by atoms with van der Waals surface area (Å²) in [6.45, 7) is 1.24. The average molecular weight is 226 g/mol. The van der Waals surface area contributed by atoms with E-state index in [0.717, 1.165) is 12.1 Å². The Bertz CT molecular complexity index is 339. The van der Waals surface area contributed by atoms with E-state index in [9.17, 15) is 4.79 Å². The van der Waals surface area contributed by atoms with Crippen LogP contribution in [0.25, 0.3) is 0 Å². The Morgan fingerprint density at radius 1 is 1.62 bits per heavy atom. The third kappa shape index (κ3) is 2.80. The average Bonchev–Trinajstić information content (AvgIpc) is 2.87. The van der Waals surface area contributed by atoms with E-state index in [1.54, 1.807) is 6.07 Å². The second-order valence-electron chi connectivity index (χ2n) is 3.78. The van der Waals surface area contributed by atoms with Crippen LogP contribution in [0.2, 0.25) is 0 Å². The van der Waals surface area contributed by atoms with Gasteiger partial charge in [0.2, 0.25) is 0 Å². The van der Waals surface area contributed by atoms with Gasteiger partial charge in [-0.2, -0.15) is 0 Å². The normalized spacial score (nSPS) is 24.8. The summed E-state index contributed by atoms with van der Waals surface area (Å²) in [5.41, 5.74) is 0.827. The fourth-order valence-corrected chi connectivity index (χ4v) is 1.73. The summed E-state index contributed by atoms with van der Waals surface area (Å²) in [5.74, 6) is -0.876. The molecular formula is C10H14N2O4. The Morgan fingerprint density at radius 2 is 2.50 bits per heavy atom. The first-order valence-electron chi connectivity index (χ1n) is 5.24. The van der Waals surface area contributed by atoms with Crippen molar-refractivity contribution in [2.45, 2.75) is 31.6 Å². The van der Waals surface area contributed by atoms with Gasteiger partial charge < -0.3 is 19.7 Å². The number of carboxylic acid groups (broad SMARTS) is 1. The van der Waals surface area contributed by atoms with Crippen molar-refractivity contribution in [1.29, 1.82) is 0 Å². The van der Waals surface area contributed by atoms with Crippen LogP contribution in [-0.2, 0) is 16.1 Å². The number of hydrogen-bond donors (Lipinski definition) is 2. The molecule has 6 nitrogen and oxygen atoms in total. The van der Waals surface area contributed by atoms with E-state index >= 15 is 0 Å². The molecule has 0 radical (unpaired) electrons. The lowest BCUT2D eigenvalue weighted by Gasteiger charge is -2.11. The van der Waals surface area contributed by atoms with E-state index in [-0.39, 0.29) is 6.10 Å². The lowest BCUT2D eigenvalue weighted by Crippen LogP contribution is -2.28. The van der Waals surface area contributed by atoms with E-state index in [2.05, 4.69) is 15.0 Å². The summed E-state index contributed by atoms with van der Waals surface area (Å²) in [6, 6.07) is 1.78. The molecule has 1 aliphatic rings. The molecule has 2 rings (SSSR count). The minimum Gasteiger partial charge on any atom is -0.479 e. The van der Waals surface area contributed by atoms with Crippen molar-refractivity contribution >= 4 is 5.97 Å². The van der Waals surface area contributed by atoms with Gasteiger partial charge in [-0.1, -0.05) is 5.16 Å². The maximum atomic E-state index is 10.6. The molecule has 16 heavy (non-hydrogen) atoms. The van der Waals surface area contributed by atoms with E-state index < -0.39 is 12.1 Å². The molecule has 1 saturated heterocycles. The van der Waals surface area contributed by atoms with Crippen LogP contribution in [0.4, 0.5) is 0 Å². The number of rotatable bonds is 5. The fraction of sp³-hybridized carbons (Fsp3) is 0.600. The topological polar surface area (TPSA) is 84.6 Å². The highest BCUT2D eigenvalue weighted by atomic mass is 16.5. The van der Waals surface area contributed by atoms with E-state index in [4.69, 9.17) is 9.84 Å². The first-order valence-corrected chi connectivity index (χ1v) is 5.24. The van der Waals surface area contributed by atoms with Crippen LogP contribution in [0.15, 0.2) is 16.9 Å². The highest BCUT2D eigenvalue weighted by Crippen LogP contribution is 2.19. The van der Waals surface area contributed by atoms with Crippen molar-refractivity contribution in [1.82, 2.24) is 10.5 Å². The Labute approximate surface area is 92.6 Å². The second kappa shape index (κ2) is 5.09. The van der Waals surface area contributed by atoms with Crippen molar-refractivity contribution in [3.05, 3.63) is 18.0 Å². The van der Waals surface area contributed by atoms with Gasteiger partial charge in [-0.25, -0.2) is 4.79 Å². The zero-order valence-corrected chi connectivity index (χ0v) is 8.76. The summed E-state index contributed by atoms with van der Waals surface area (Å²) in [5, 5.41) is 15.6. The predicted octanol–water partition coefficient (Wildman–Crippen LogP) is 0.396. The van der Waals surface area contributed by atoms with Gasteiger partial charge in [0.1, 0.15) is 6.26 Å². The molecule has 1 aromatic heterocycles. The fourth-order valence-electron chi connectivity index (χ4n) is 1.73. The first-order chi connectivity index (χ1) is 7.75. The van der Waals surface area contributed by atoms with E-state index in [1.165, 1.54) is 6.26 Å². The zero-order chi connectivity index (χ0) is 11.4. The van der Waals surface area contributed by atoms with Gasteiger partial charge in [0.15, 0.2) is 6.10 Å². The number of aromatic nitrogens is 1. The van der Waals surface area contributed by atoms with Gasteiger partial charge >= 0.3 is 5.97 Å². The van der Waals surface area contributed by atoms with Crippen molar-refractivity contribution in [3.8, 4) is 0 Å². The number of nitrogens with one attached hydrogen (secondary N) is 1. The standard InChI is InChI=1S/C10H14N2O4/c13-10(14)9-2-1-8(16-9)6-11-5-7-3-4-15-12-7/h3-4,8-9,11H,1-2,5-6H2,(H,13,14). The number of carbonyl (C=O) groups is 1. The lowest BCUT2D eigenvalue weighted by molar-refractivity contribution is -0.149. The first kappa shape index (κ1) is 11.1. The molecule has 2 atom stereocenters.